The number of hydrogen-bond acceptors (Lipinski definition) is 2. The summed E-state index contributed by atoms with van der Waals surface area (Å²) in [4.78, 5) is 2.57. The van der Waals surface area contributed by atoms with Crippen LogP contribution in [-0.2, 0) is 0 Å². The second kappa shape index (κ2) is 9.25. The summed E-state index contributed by atoms with van der Waals surface area (Å²) in [5.41, 5.74) is 1.32. The molecule has 1 fully saturated rings. The van der Waals surface area contributed by atoms with Gasteiger partial charge in [0.25, 0.3) is 0 Å². The summed E-state index contributed by atoms with van der Waals surface area (Å²) in [6.45, 7) is 9.01. The van der Waals surface area contributed by atoms with E-state index in [0.717, 1.165) is 18.8 Å². The third kappa shape index (κ3) is 5.34. The highest BCUT2D eigenvalue weighted by atomic mass is 35.5. The molecule has 1 aromatic rings. The van der Waals surface area contributed by atoms with Crippen LogP contribution in [0.2, 0.25) is 0 Å². The Morgan fingerprint density at radius 1 is 1.10 bits per heavy atom. The van der Waals surface area contributed by atoms with Gasteiger partial charge in [-0.05, 0) is 49.9 Å². The average Bonchev–Trinajstić information content (AvgIpc) is 2.45. The zero-order valence-corrected chi connectivity index (χ0v) is 13.6. The molecule has 1 saturated heterocycles. The van der Waals surface area contributed by atoms with E-state index in [-0.39, 0.29) is 12.4 Å². The lowest BCUT2D eigenvalue weighted by Gasteiger charge is -2.26. The Bertz CT molecular complexity index is 375. The number of para-hydroxylation sites is 1. The van der Waals surface area contributed by atoms with Crippen LogP contribution in [0.3, 0.4) is 0 Å². The summed E-state index contributed by atoms with van der Waals surface area (Å²) in [5, 5.41) is 0. The summed E-state index contributed by atoms with van der Waals surface area (Å²) in [6, 6.07) is 8.42. The van der Waals surface area contributed by atoms with Gasteiger partial charge in [-0.25, -0.2) is 0 Å². The molecular weight excluding hydrogens is 270 g/mol. The second-order valence-electron chi connectivity index (χ2n) is 5.80. The van der Waals surface area contributed by atoms with Gasteiger partial charge in [0.15, 0.2) is 0 Å². The zero-order chi connectivity index (χ0) is 13.5. The van der Waals surface area contributed by atoms with E-state index in [1.807, 2.05) is 0 Å². The molecule has 0 aromatic heterocycles. The average molecular weight is 298 g/mol. The molecule has 0 unspecified atom stereocenters. The number of benzene rings is 1. The molecule has 2 rings (SSSR count). The lowest BCUT2D eigenvalue weighted by molar-refractivity contribution is 0.204. The Balaban J connectivity index is 0.00000200. The molecule has 114 valence electrons. The second-order valence-corrected chi connectivity index (χ2v) is 5.80. The molecule has 20 heavy (non-hydrogen) atoms. The lowest BCUT2D eigenvalue weighted by atomic mass is 10.0. The molecule has 1 aliphatic heterocycles. The maximum atomic E-state index is 5.96. The Kier molecular flexibility index (Phi) is 8.01. The Labute approximate surface area is 129 Å². The molecule has 0 radical (unpaired) electrons. The fraction of sp³-hybridized carbons (Fsp3) is 0.647. The van der Waals surface area contributed by atoms with E-state index in [1.54, 1.807) is 0 Å². The fourth-order valence-electron chi connectivity index (χ4n) is 2.74. The van der Waals surface area contributed by atoms with Crippen molar-refractivity contribution in [1.29, 1.82) is 0 Å². The van der Waals surface area contributed by atoms with Crippen LogP contribution in [0.5, 0.6) is 5.75 Å². The van der Waals surface area contributed by atoms with Crippen molar-refractivity contribution in [2.45, 2.75) is 45.4 Å². The van der Waals surface area contributed by atoms with Crippen LogP contribution in [0, 0.1) is 0 Å². The minimum atomic E-state index is 0. The van der Waals surface area contributed by atoms with Crippen LogP contribution in [0.4, 0.5) is 0 Å². The quantitative estimate of drug-likeness (QED) is 0.718. The van der Waals surface area contributed by atoms with Crippen molar-refractivity contribution in [3.05, 3.63) is 29.8 Å². The van der Waals surface area contributed by atoms with Crippen LogP contribution in [0.1, 0.15) is 51.0 Å². The van der Waals surface area contributed by atoms with Crippen molar-refractivity contribution < 1.29 is 4.74 Å². The number of likely N-dealkylation sites (tertiary alicyclic amines) is 1. The standard InChI is InChI=1S/C17H27NO.ClH/c1-15(2)16-9-4-5-10-17(16)19-14-8-13-18-11-6-3-7-12-18;/h4-5,9-10,15H,3,6-8,11-14H2,1-2H3;1H. The minimum absolute atomic E-state index is 0. The number of ether oxygens (including phenoxy) is 1. The van der Waals surface area contributed by atoms with E-state index in [4.69, 9.17) is 4.74 Å². The van der Waals surface area contributed by atoms with E-state index in [9.17, 15) is 0 Å². The highest BCUT2D eigenvalue weighted by molar-refractivity contribution is 5.85. The van der Waals surface area contributed by atoms with E-state index in [1.165, 1.54) is 44.5 Å². The van der Waals surface area contributed by atoms with Crippen molar-refractivity contribution in [2.75, 3.05) is 26.2 Å². The number of nitrogens with zero attached hydrogens (tertiary/aromatic N) is 1. The van der Waals surface area contributed by atoms with Crippen molar-refractivity contribution in [3.63, 3.8) is 0 Å². The van der Waals surface area contributed by atoms with Gasteiger partial charge in [0.1, 0.15) is 5.75 Å². The van der Waals surface area contributed by atoms with Crippen LogP contribution in [0.15, 0.2) is 24.3 Å². The zero-order valence-electron chi connectivity index (χ0n) is 12.8. The summed E-state index contributed by atoms with van der Waals surface area (Å²) in [5.74, 6) is 1.59. The largest absolute Gasteiger partial charge is 0.493 e. The number of piperidine rings is 1. The minimum Gasteiger partial charge on any atom is -0.493 e. The first-order chi connectivity index (χ1) is 9.27. The van der Waals surface area contributed by atoms with Gasteiger partial charge in [0.05, 0.1) is 6.61 Å². The molecule has 2 nitrogen and oxygen atoms in total. The van der Waals surface area contributed by atoms with Gasteiger partial charge in [-0.3, -0.25) is 0 Å². The SMILES string of the molecule is CC(C)c1ccccc1OCCCN1CCCCC1.Cl. The van der Waals surface area contributed by atoms with Gasteiger partial charge in [-0.1, -0.05) is 38.5 Å². The Hall–Kier alpha value is -0.730. The summed E-state index contributed by atoms with van der Waals surface area (Å²) in [7, 11) is 0. The van der Waals surface area contributed by atoms with Crippen molar-refractivity contribution in [3.8, 4) is 5.75 Å². The molecule has 0 amide bonds. The van der Waals surface area contributed by atoms with Gasteiger partial charge >= 0.3 is 0 Å². The molecule has 3 heteroatoms. The molecule has 0 spiro atoms. The predicted molar refractivity (Wildman–Crippen MR) is 88.2 cm³/mol. The molecule has 0 atom stereocenters. The van der Waals surface area contributed by atoms with Gasteiger partial charge < -0.3 is 9.64 Å². The lowest BCUT2D eigenvalue weighted by Crippen LogP contribution is -2.31. The maximum absolute atomic E-state index is 5.96. The van der Waals surface area contributed by atoms with Crippen LogP contribution < -0.4 is 4.74 Å². The van der Waals surface area contributed by atoms with Crippen molar-refractivity contribution in [2.24, 2.45) is 0 Å². The van der Waals surface area contributed by atoms with Crippen LogP contribution in [-0.4, -0.2) is 31.1 Å². The van der Waals surface area contributed by atoms with Gasteiger partial charge in [0.2, 0.25) is 0 Å². The third-order valence-electron chi connectivity index (χ3n) is 3.87. The molecular formula is C17H28ClNO. The van der Waals surface area contributed by atoms with E-state index in [0.29, 0.717) is 5.92 Å². The van der Waals surface area contributed by atoms with E-state index < -0.39 is 0 Å². The topological polar surface area (TPSA) is 12.5 Å². The molecule has 0 saturated carbocycles. The van der Waals surface area contributed by atoms with Gasteiger partial charge in [0, 0.05) is 6.54 Å². The summed E-state index contributed by atoms with van der Waals surface area (Å²) < 4.78 is 5.96. The monoisotopic (exact) mass is 297 g/mol. The number of rotatable bonds is 6. The normalized spacial score (nSPS) is 15.9. The van der Waals surface area contributed by atoms with Crippen molar-refractivity contribution >= 4 is 12.4 Å². The molecule has 1 heterocycles. The van der Waals surface area contributed by atoms with E-state index in [2.05, 4.69) is 43.0 Å². The summed E-state index contributed by atoms with van der Waals surface area (Å²) in [6.07, 6.45) is 5.29. The highest BCUT2D eigenvalue weighted by Gasteiger charge is 2.10. The van der Waals surface area contributed by atoms with Gasteiger partial charge in [-0.15, -0.1) is 12.4 Å². The first-order valence-electron chi connectivity index (χ1n) is 7.71. The van der Waals surface area contributed by atoms with Crippen molar-refractivity contribution in [1.82, 2.24) is 4.90 Å². The molecule has 0 bridgehead atoms. The molecule has 1 aromatic carbocycles. The Morgan fingerprint density at radius 2 is 1.80 bits per heavy atom. The maximum Gasteiger partial charge on any atom is 0.122 e. The Morgan fingerprint density at radius 3 is 2.50 bits per heavy atom. The van der Waals surface area contributed by atoms with Crippen LogP contribution >= 0.6 is 12.4 Å². The molecule has 0 aliphatic carbocycles. The first kappa shape index (κ1) is 17.3. The third-order valence-corrected chi connectivity index (χ3v) is 3.87. The summed E-state index contributed by atoms with van der Waals surface area (Å²) >= 11 is 0. The van der Waals surface area contributed by atoms with Crippen LogP contribution in [0.25, 0.3) is 0 Å². The van der Waals surface area contributed by atoms with Gasteiger partial charge in [-0.2, -0.15) is 0 Å². The smallest absolute Gasteiger partial charge is 0.122 e. The molecule has 0 N–H and O–H groups in total. The molecule has 1 aliphatic rings. The van der Waals surface area contributed by atoms with E-state index >= 15 is 0 Å². The number of hydrogen-bond donors (Lipinski definition) is 0. The predicted octanol–water partition coefficient (Wildman–Crippen LogP) is 4.49. The first-order valence-corrected chi connectivity index (χ1v) is 7.71. The highest BCUT2D eigenvalue weighted by Crippen LogP contribution is 2.25. The fourth-order valence-corrected chi connectivity index (χ4v) is 2.74. The number of halogens is 1.